The molecule has 0 bridgehead atoms. The summed E-state index contributed by atoms with van der Waals surface area (Å²) >= 11 is 1.55. The highest BCUT2D eigenvalue weighted by Crippen LogP contribution is 2.07. The molecule has 55 valence electrons. The van der Waals surface area contributed by atoms with Gasteiger partial charge in [-0.3, -0.25) is 0 Å². The molecule has 0 aromatic carbocycles. The molecule has 2 aromatic heterocycles. The van der Waals surface area contributed by atoms with Crippen LogP contribution in [-0.2, 0) is 6.42 Å². The molecule has 0 amide bonds. The van der Waals surface area contributed by atoms with Gasteiger partial charge in [0, 0.05) is 11.8 Å². The van der Waals surface area contributed by atoms with Crippen molar-refractivity contribution < 1.29 is 0 Å². The molecule has 0 aliphatic carbocycles. The molecular weight excluding hydrogens is 160 g/mol. The lowest BCUT2D eigenvalue weighted by Gasteiger charge is -1.87. The van der Waals surface area contributed by atoms with Crippen LogP contribution in [0, 0.1) is 5.38 Å². The molecule has 2 heterocycles. The molecule has 1 N–H and O–H groups in total. The molecule has 0 aliphatic heterocycles. The summed E-state index contributed by atoms with van der Waals surface area (Å²) in [5.74, 6) is 0.777. The van der Waals surface area contributed by atoms with E-state index in [1.165, 1.54) is 0 Å². The number of aromatic amines is 1. The van der Waals surface area contributed by atoms with Gasteiger partial charge in [0.05, 0.1) is 0 Å². The van der Waals surface area contributed by atoms with Gasteiger partial charge in [-0.15, -0.1) is 16.4 Å². The van der Waals surface area contributed by atoms with Gasteiger partial charge in [-0.1, -0.05) is 0 Å². The lowest BCUT2D eigenvalue weighted by Crippen LogP contribution is -1.88. The number of hydrogen-bond acceptors (Lipinski definition) is 4. The summed E-state index contributed by atoms with van der Waals surface area (Å²) in [5.41, 5.74) is 1.12. The predicted molar refractivity (Wildman–Crippen MR) is 40.1 cm³/mol. The Morgan fingerprint density at radius 3 is 3.27 bits per heavy atom. The van der Waals surface area contributed by atoms with Crippen molar-refractivity contribution in [3.63, 3.8) is 0 Å². The molecule has 0 unspecified atom stereocenters. The minimum absolute atomic E-state index is 0.733. The second-order valence-electron chi connectivity index (χ2n) is 2.07. The molecule has 5 heteroatoms. The van der Waals surface area contributed by atoms with Gasteiger partial charge in [0.15, 0.2) is 5.82 Å². The number of hydrogen-bond donors (Lipinski definition) is 1. The van der Waals surface area contributed by atoms with Gasteiger partial charge in [-0.05, 0) is 27.4 Å². The fraction of sp³-hybridized carbons (Fsp3) is 0.167. The largest absolute Gasteiger partial charge is 0.243 e. The zero-order chi connectivity index (χ0) is 7.52. The Hall–Kier alpha value is -1.23. The van der Waals surface area contributed by atoms with Crippen molar-refractivity contribution in [1.29, 1.82) is 0 Å². The van der Waals surface area contributed by atoms with E-state index in [9.17, 15) is 0 Å². The van der Waals surface area contributed by atoms with Gasteiger partial charge < -0.3 is 0 Å². The third kappa shape index (κ3) is 1.43. The van der Waals surface area contributed by atoms with Gasteiger partial charge >= 0.3 is 0 Å². The highest BCUT2D eigenvalue weighted by Gasteiger charge is 1.98. The summed E-state index contributed by atoms with van der Waals surface area (Å²) < 4.78 is 0. The Bertz CT molecular complexity index is 267. The van der Waals surface area contributed by atoms with E-state index in [0.717, 1.165) is 17.8 Å². The van der Waals surface area contributed by atoms with E-state index in [4.69, 9.17) is 0 Å². The van der Waals surface area contributed by atoms with Crippen molar-refractivity contribution in [3.8, 4) is 0 Å². The number of thiophene rings is 1. The normalized spacial score (nSPS) is 10.2. The molecule has 0 fully saturated rings. The highest BCUT2D eigenvalue weighted by atomic mass is 32.1. The number of H-pyrrole nitrogens is 1. The molecule has 0 atom stereocenters. The number of tetrazole rings is 1. The Kier molecular flexibility index (Phi) is 1.64. The smallest absolute Gasteiger partial charge is 0.152 e. The van der Waals surface area contributed by atoms with Crippen molar-refractivity contribution in [2.75, 3.05) is 0 Å². The summed E-state index contributed by atoms with van der Waals surface area (Å²) in [6.45, 7) is 0. The van der Waals surface area contributed by atoms with Crippen LogP contribution in [0.2, 0.25) is 0 Å². The number of nitrogens with zero attached hydrogens (tertiary/aromatic N) is 3. The summed E-state index contributed by atoms with van der Waals surface area (Å²) in [6.07, 6.45) is 0.733. The van der Waals surface area contributed by atoms with E-state index in [-0.39, 0.29) is 0 Å². The second kappa shape index (κ2) is 2.79. The first-order chi connectivity index (χ1) is 5.45. The first-order valence-corrected chi connectivity index (χ1v) is 4.00. The van der Waals surface area contributed by atoms with E-state index in [2.05, 4.69) is 26.0 Å². The molecule has 0 saturated heterocycles. The SMILES string of the molecule is [c]1sccc1Cc1nnn[nH]1. The van der Waals surface area contributed by atoms with Crippen LogP contribution in [0.4, 0.5) is 0 Å². The monoisotopic (exact) mass is 165 g/mol. The summed E-state index contributed by atoms with van der Waals surface area (Å²) in [5, 5.41) is 18.5. The van der Waals surface area contributed by atoms with Crippen LogP contribution in [0.1, 0.15) is 11.4 Å². The van der Waals surface area contributed by atoms with Crippen LogP contribution in [0.5, 0.6) is 0 Å². The van der Waals surface area contributed by atoms with Crippen molar-refractivity contribution >= 4 is 11.3 Å². The van der Waals surface area contributed by atoms with Gasteiger partial charge in [-0.2, -0.15) is 0 Å². The van der Waals surface area contributed by atoms with E-state index < -0.39 is 0 Å². The summed E-state index contributed by atoms with van der Waals surface area (Å²) in [6, 6.07) is 2.01. The maximum absolute atomic E-state index is 3.76. The molecule has 1 radical (unpaired) electrons. The fourth-order valence-corrected chi connectivity index (χ4v) is 1.38. The van der Waals surface area contributed by atoms with Gasteiger partial charge in [0.25, 0.3) is 0 Å². The van der Waals surface area contributed by atoms with E-state index >= 15 is 0 Å². The van der Waals surface area contributed by atoms with Crippen molar-refractivity contribution in [3.05, 3.63) is 28.2 Å². The summed E-state index contributed by atoms with van der Waals surface area (Å²) in [4.78, 5) is 0. The molecular formula is C6H5N4S. The molecule has 2 rings (SSSR count). The van der Waals surface area contributed by atoms with Crippen LogP contribution < -0.4 is 0 Å². The van der Waals surface area contributed by atoms with Crippen LogP contribution in [-0.4, -0.2) is 20.6 Å². The minimum atomic E-state index is 0.733. The number of rotatable bonds is 2. The first-order valence-electron chi connectivity index (χ1n) is 3.12. The zero-order valence-corrected chi connectivity index (χ0v) is 6.43. The number of aromatic nitrogens is 4. The molecule has 0 spiro atoms. The van der Waals surface area contributed by atoms with Gasteiger partial charge in [0.1, 0.15) is 0 Å². The molecule has 2 aromatic rings. The van der Waals surface area contributed by atoms with Crippen molar-refractivity contribution in [2.24, 2.45) is 0 Å². The van der Waals surface area contributed by atoms with Gasteiger partial charge in [-0.25, -0.2) is 5.10 Å². The van der Waals surface area contributed by atoms with E-state index in [1.54, 1.807) is 11.3 Å². The molecule has 0 saturated carbocycles. The van der Waals surface area contributed by atoms with Crippen molar-refractivity contribution in [2.45, 2.75) is 6.42 Å². The average molecular weight is 165 g/mol. The molecule has 11 heavy (non-hydrogen) atoms. The third-order valence-corrected chi connectivity index (χ3v) is 1.93. The average Bonchev–Trinajstić information content (AvgIpc) is 2.60. The third-order valence-electron chi connectivity index (χ3n) is 1.27. The molecule has 0 aliphatic rings. The van der Waals surface area contributed by atoms with Crippen LogP contribution in [0.15, 0.2) is 11.4 Å². The van der Waals surface area contributed by atoms with Gasteiger partial charge in [0.2, 0.25) is 0 Å². The highest BCUT2D eigenvalue weighted by molar-refractivity contribution is 7.07. The Labute approximate surface area is 67.3 Å². The second-order valence-corrected chi connectivity index (χ2v) is 2.78. The van der Waals surface area contributed by atoms with Crippen LogP contribution >= 0.6 is 11.3 Å². The topological polar surface area (TPSA) is 54.5 Å². The Morgan fingerprint density at radius 2 is 2.64 bits per heavy atom. The van der Waals surface area contributed by atoms with Crippen LogP contribution in [0.3, 0.4) is 0 Å². The maximum Gasteiger partial charge on any atom is 0.152 e. The molecule has 4 nitrogen and oxygen atoms in total. The standard InChI is InChI=1S/C6H5N4S/c1-2-11-4-5(1)3-6-7-9-10-8-6/h1-2H,3H2,(H,7,8,9,10). The van der Waals surface area contributed by atoms with Crippen LogP contribution in [0.25, 0.3) is 0 Å². The Morgan fingerprint density at radius 1 is 1.64 bits per heavy atom. The summed E-state index contributed by atoms with van der Waals surface area (Å²) in [7, 11) is 0. The fourth-order valence-electron chi connectivity index (χ4n) is 0.789. The van der Waals surface area contributed by atoms with E-state index in [1.807, 2.05) is 11.4 Å². The zero-order valence-electron chi connectivity index (χ0n) is 5.61. The maximum atomic E-state index is 3.76. The quantitative estimate of drug-likeness (QED) is 0.711. The lowest BCUT2D eigenvalue weighted by molar-refractivity contribution is 0.881. The van der Waals surface area contributed by atoms with Crippen molar-refractivity contribution in [1.82, 2.24) is 20.6 Å². The minimum Gasteiger partial charge on any atom is -0.243 e. The Balaban J connectivity index is 2.14. The lowest BCUT2D eigenvalue weighted by atomic mass is 10.2. The predicted octanol–water partition coefficient (Wildman–Crippen LogP) is 0.652. The first kappa shape index (κ1) is 6.48. The number of nitrogens with one attached hydrogen (secondary N) is 1. The van der Waals surface area contributed by atoms with E-state index in [0.29, 0.717) is 0 Å².